The molecule has 19 heavy (non-hydrogen) atoms. The maximum Gasteiger partial charge on any atom is 0.132 e. The van der Waals surface area contributed by atoms with Crippen LogP contribution in [0.3, 0.4) is 0 Å². The predicted octanol–water partition coefficient (Wildman–Crippen LogP) is 3.60. The zero-order valence-corrected chi connectivity index (χ0v) is 10.4. The normalized spacial score (nSPS) is 12.2. The molecule has 0 heterocycles. The summed E-state index contributed by atoms with van der Waals surface area (Å²) in [5.41, 5.74) is 0.895. The highest BCUT2D eigenvalue weighted by Crippen LogP contribution is 2.25. The molecule has 0 bridgehead atoms. The molecule has 0 saturated heterocycles. The highest BCUT2D eigenvalue weighted by molar-refractivity contribution is 5.35. The van der Waals surface area contributed by atoms with Gasteiger partial charge in [0.25, 0.3) is 0 Å². The standard InChI is InChI=1S/C15H14F2O2/c1-10(18)13-4-2-3-5-15(13)19-9-11-6-7-12(16)8-14(11)17/h2-8,10,18H,9H2,1H3/t10-/m1/s1. The van der Waals surface area contributed by atoms with Crippen LogP contribution in [0.1, 0.15) is 24.2 Å². The van der Waals surface area contributed by atoms with Crippen LogP contribution in [0.15, 0.2) is 42.5 Å². The SMILES string of the molecule is C[C@@H](O)c1ccccc1OCc1ccc(F)cc1F. The fraction of sp³-hybridized carbons (Fsp3) is 0.200. The van der Waals surface area contributed by atoms with Gasteiger partial charge in [-0.2, -0.15) is 0 Å². The van der Waals surface area contributed by atoms with E-state index in [0.717, 1.165) is 6.07 Å². The fourth-order valence-corrected chi connectivity index (χ4v) is 1.75. The van der Waals surface area contributed by atoms with Gasteiger partial charge in [-0.05, 0) is 25.1 Å². The van der Waals surface area contributed by atoms with Crippen LogP contribution in [-0.2, 0) is 6.61 Å². The van der Waals surface area contributed by atoms with Gasteiger partial charge in [0.1, 0.15) is 24.0 Å². The van der Waals surface area contributed by atoms with Crippen molar-refractivity contribution in [3.63, 3.8) is 0 Å². The third kappa shape index (κ3) is 3.29. The lowest BCUT2D eigenvalue weighted by Crippen LogP contribution is -2.02. The van der Waals surface area contributed by atoms with Gasteiger partial charge in [-0.3, -0.25) is 0 Å². The van der Waals surface area contributed by atoms with E-state index in [1.54, 1.807) is 31.2 Å². The van der Waals surface area contributed by atoms with E-state index < -0.39 is 17.7 Å². The summed E-state index contributed by atoms with van der Waals surface area (Å²) in [4.78, 5) is 0. The largest absolute Gasteiger partial charge is 0.488 e. The van der Waals surface area contributed by atoms with Gasteiger partial charge in [-0.25, -0.2) is 8.78 Å². The number of ether oxygens (including phenoxy) is 1. The number of halogens is 2. The molecule has 0 radical (unpaired) electrons. The Hall–Kier alpha value is -1.94. The van der Waals surface area contributed by atoms with Crippen molar-refractivity contribution in [3.8, 4) is 5.75 Å². The minimum Gasteiger partial charge on any atom is -0.488 e. The van der Waals surface area contributed by atoms with E-state index >= 15 is 0 Å². The molecule has 0 aromatic heterocycles. The molecule has 0 saturated carbocycles. The molecule has 0 amide bonds. The van der Waals surface area contributed by atoms with Crippen LogP contribution < -0.4 is 4.74 Å². The Labute approximate surface area is 110 Å². The molecule has 2 nitrogen and oxygen atoms in total. The smallest absolute Gasteiger partial charge is 0.132 e. The van der Waals surface area contributed by atoms with Crippen molar-refractivity contribution in [1.82, 2.24) is 0 Å². The minimum absolute atomic E-state index is 0.0180. The lowest BCUT2D eigenvalue weighted by molar-refractivity contribution is 0.190. The number of hydrogen-bond donors (Lipinski definition) is 1. The van der Waals surface area contributed by atoms with Gasteiger partial charge in [0.15, 0.2) is 0 Å². The molecule has 100 valence electrons. The van der Waals surface area contributed by atoms with Gasteiger partial charge in [-0.1, -0.05) is 18.2 Å². The second-order valence-electron chi connectivity index (χ2n) is 4.24. The molecule has 4 heteroatoms. The van der Waals surface area contributed by atoms with Crippen LogP contribution in [0, 0.1) is 11.6 Å². The average Bonchev–Trinajstić information content (AvgIpc) is 2.38. The Bertz CT molecular complexity index is 568. The number of para-hydroxylation sites is 1. The summed E-state index contributed by atoms with van der Waals surface area (Å²) in [5.74, 6) is -0.776. The first kappa shape index (κ1) is 13.5. The van der Waals surface area contributed by atoms with E-state index in [2.05, 4.69) is 0 Å². The van der Waals surface area contributed by atoms with Gasteiger partial charge in [0.05, 0.1) is 6.10 Å². The van der Waals surface area contributed by atoms with Crippen LogP contribution in [0.5, 0.6) is 5.75 Å². The third-order valence-electron chi connectivity index (χ3n) is 2.77. The minimum atomic E-state index is -0.672. The summed E-state index contributed by atoms with van der Waals surface area (Å²) in [7, 11) is 0. The van der Waals surface area contributed by atoms with Crippen LogP contribution in [0.4, 0.5) is 8.78 Å². The second kappa shape index (κ2) is 5.80. The van der Waals surface area contributed by atoms with E-state index in [4.69, 9.17) is 4.74 Å². The average molecular weight is 264 g/mol. The molecule has 2 aromatic carbocycles. The molecule has 0 aliphatic carbocycles. The number of hydrogen-bond acceptors (Lipinski definition) is 2. The van der Waals surface area contributed by atoms with Crippen LogP contribution in [-0.4, -0.2) is 5.11 Å². The quantitative estimate of drug-likeness (QED) is 0.914. The molecule has 0 unspecified atom stereocenters. The monoisotopic (exact) mass is 264 g/mol. The van der Waals surface area contributed by atoms with Crippen molar-refractivity contribution in [2.45, 2.75) is 19.6 Å². The maximum atomic E-state index is 13.4. The highest BCUT2D eigenvalue weighted by Gasteiger charge is 2.10. The van der Waals surface area contributed by atoms with Crippen molar-refractivity contribution < 1.29 is 18.6 Å². The Morgan fingerprint density at radius 2 is 1.89 bits per heavy atom. The van der Waals surface area contributed by atoms with Gasteiger partial charge in [0.2, 0.25) is 0 Å². The molecule has 1 atom stereocenters. The first-order valence-corrected chi connectivity index (χ1v) is 5.91. The first-order chi connectivity index (χ1) is 9.08. The van der Waals surface area contributed by atoms with E-state index in [1.165, 1.54) is 12.1 Å². The van der Waals surface area contributed by atoms with Crippen LogP contribution >= 0.6 is 0 Å². The highest BCUT2D eigenvalue weighted by atomic mass is 19.1. The topological polar surface area (TPSA) is 29.5 Å². The zero-order valence-electron chi connectivity index (χ0n) is 10.4. The van der Waals surface area contributed by atoms with Crippen molar-refractivity contribution in [1.29, 1.82) is 0 Å². The zero-order chi connectivity index (χ0) is 13.8. The molecular weight excluding hydrogens is 250 g/mol. The number of aliphatic hydroxyl groups is 1. The Morgan fingerprint density at radius 3 is 2.58 bits per heavy atom. The van der Waals surface area contributed by atoms with E-state index in [0.29, 0.717) is 11.3 Å². The third-order valence-corrected chi connectivity index (χ3v) is 2.77. The van der Waals surface area contributed by atoms with Crippen molar-refractivity contribution in [3.05, 3.63) is 65.2 Å². The Balaban J connectivity index is 2.14. The van der Waals surface area contributed by atoms with Gasteiger partial charge in [0, 0.05) is 17.2 Å². The maximum absolute atomic E-state index is 13.4. The summed E-state index contributed by atoms with van der Waals surface area (Å²) < 4.78 is 31.7. The molecule has 2 aromatic rings. The summed E-state index contributed by atoms with van der Waals surface area (Å²) >= 11 is 0. The number of aliphatic hydroxyl groups excluding tert-OH is 1. The van der Waals surface area contributed by atoms with Crippen molar-refractivity contribution >= 4 is 0 Å². The van der Waals surface area contributed by atoms with Crippen molar-refractivity contribution in [2.75, 3.05) is 0 Å². The molecule has 0 fully saturated rings. The molecular formula is C15H14F2O2. The number of rotatable bonds is 4. The van der Waals surface area contributed by atoms with E-state index in [1.807, 2.05) is 0 Å². The molecule has 1 N–H and O–H groups in total. The summed E-state index contributed by atoms with van der Waals surface area (Å²) in [6.45, 7) is 1.61. The van der Waals surface area contributed by atoms with E-state index in [-0.39, 0.29) is 12.2 Å². The van der Waals surface area contributed by atoms with Gasteiger partial charge < -0.3 is 9.84 Å². The molecule has 2 rings (SSSR count). The van der Waals surface area contributed by atoms with Gasteiger partial charge >= 0.3 is 0 Å². The molecule has 0 spiro atoms. The molecule has 0 aliphatic rings. The molecule has 0 aliphatic heterocycles. The lowest BCUT2D eigenvalue weighted by atomic mass is 10.1. The van der Waals surface area contributed by atoms with Gasteiger partial charge in [-0.15, -0.1) is 0 Å². The summed E-state index contributed by atoms with van der Waals surface area (Å²) in [5, 5.41) is 9.59. The van der Waals surface area contributed by atoms with Crippen LogP contribution in [0.2, 0.25) is 0 Å². The summed E-state index contributed by atoms with van der Waals surface area (Å²) in [6, 6.07) is 10.3. The lowest BCUT2D eigenvalue weighted by Gasteiger charge is -2.13. The first-order valence-electron chi connectivity index (χ1n) is 5.91. The van der Waals surface area contributed by atoms with Crippen LogP contribution in [0.25, 0.3) is 0 Å². The van der Waals surface area contributed by atoms with Crippen molar-refractivity contribution in [2.24, 2.45) is 0 Å². The van der Waals surface area contributed by atoms with E-state index in [9.17, 15) is 13.9 Å². The Morgan fingerprint density at radius 1 is 1.16 bits per heavy atom. The number of benzene rings is 2. The predicted molar refractivity (Wildman–Crippen MR) is 67.8 cm³/mol. The fourth-order valence-electron chi connectivity index (χ4n) is 1.75. The second-order valence-corrected chi connectivity index (χ2v) is 4.24. The summed E-state index contributed by atoms with van der Waals surface area (Å²) in [6.07, 6.45) is -0.672. The Kier molecular flexibility index (Phi) is 4.12.